The van der Waals surface area contributed by atoms with E-state index in [4.69, 9.17) is 4.74 Å². The van der Waals surface area contributed by atoms with Crippen LogP contribution in [-0.4, -0.2) is 50.4 Å². The van der Waals surface area contributed by atoms with Gasteiger partial charge in [-0.2, -0.15) is 13.2 Å². The molecule has 0 saturated carbocycles. The molecular formula is C20H21F3N4O2S. The molecule has 2 aromatic heterocycles. The summed E-state index contributed by atoms with van der Waals surface area (Å²) in [5.74, 6) is 0. The predicted octanol–water partition coefficient (Wildman–Crippen LogP) is 3.68. The van der Waals surface area contributed by atoms with Crippen LogP contribution < -0.4 is 0 Å². The highest BCUT2D eigenvalue weighted by atomic mass is 32.2. The van der Waals surface area contributed by atoms with Crippen molar-refractivity contribution in [3.63, 3.8) is 0 Å². The summed E-state index contributed by atoms with van der Waals surface area (Å²) in [6.45, 7) is 4.18. The normalized spacial score (nSPS) is 17.9. The monoisotopic (exact) mass is 438 g/mol. The Bertz CT molecular complexity index is 1060. The Morgan fingerprint density at radius 3 is 2.73 bits per heavy atom. The molecule has 160 valence electrons. The topological polar surface area (TPSA) is 71.1 Å². The standard InChI is InChI=1S/C20H21F3N4O2S/c1-2-13-4-3-7-24-17(13)18(27-8-10-29-11-9-27)30(28)19-25-15-6-5-14(20(21,22)23)12-16(15)26-19/h3-7,12,18H,2,8-11H2,1H3,(H,25,26). The van der Waals surface area contributed by atoms with Gasteiger partial charge in [0.25, 0.3) is 0 Å². The number of hydrogen-bond acceptors (Lipinski definition) is 5. The zero-order valence-corrected chi connectivity index (χ0v) is 17.1. The van der Waals surface area contributed by atoms with Crippen LogP contribution in [0.5, 0.6) is 0 Å². The van der Waals surface area contributed by atoms with Crippen molar-refractivity contribution in [2.75, 3.05) is 26.3 Å². The second-order valence-electron chi connectivity index (χ2n) is 6.97. The number of nitrogens with one attached hydrogen (secondary N) is 1. The van der Waals surface area contributed by atoms with Crippen LogP contribution in [-0.2, 0) is 28.1 Å². The van der Waals surface area contributed by atoms with Gasteiger partial charge in [-0.3, -0.25) is 9.88 Å². The van der Waals surface area contributed by atoms with Crippen molar-refractivity contribution in [3.8, 4) is 0 Å². The van der Waals surface area contributed by atoms with E-state index in [1.165, 1.54) is 6.07 Å². The molecule has 1 fully saturated rings. The van der Waals surface area contributed by atoms with E-state index in [9.17, 15) is 17.4 Å². The summed E-state index contributed by atoms with van der Waals surface area (Å²) in [5.41, 5.74) is 1.42. The molecule has 0 radical (unpaired) electrons. The van der Waals surface area contributed by atoms with Crippen LogP contribution in [0.2, 0.25) is 0 Å². The number of halogens is 3. The Morgan fingerprint density at radius 2 is 2.03 bits per heavy atom. The lowest BCUT2D eigenvalue weighted by Crippen LogP contribution is -2.41. The second kappa shape index (κ2) is 8.44. The Balaban J connectivity index is 1.76. The van der Waals surface area contributed by atoms with Gasteiger partial charge in [0.15, 0.2) is 5.16 Å². The number of aryl methyl sites for hydroxylation is 1. The van der Waals surface area contributed by atoms with Gasteiger partial charge in [0.2, 0.25) is 0 Å². The summed E-state index contributed by atoms with van der Waals surface area (Å²) < 4.78 is 58.2. The lowest BCUT2D eigenvalue weighted by molar-refractivity contribution is -0.137. The third kappa shape index (κ3) is 4.12. The Morgan fingerprint density at radius 1 is 1.27 bits per heavy atom. The summed E-state index contributed by atoms with van der Waals surface area (Å²) >= 11 is 0. The molecule has 1 saturated heterocycles. The molecule has 30 heavy (non-hydrogen) atoms. The lowest BCUT2D eigenvalue weighted by atomic mass is 10.1. The fourth-order valence-electron chi connectivity index (χ4n) is 3.56. The fraction of sp³-hybridized carbons (Fsp3) is 0.400. The van der Waals surface area contributed by atoms with Gasteiger partial charge in [0.05, 0.1) is 35.5 Å². The van der Waals surface area contributed by atoms with E-state index in [0.717, 1.165) is 24.1 Å². The molecule has 0 aliphatic carbocycles. The number of rotatable bonds is 5. The maximum Gasteiger partial charge on any atom is 0.416 e. The molecule has 0 bridgehead atoms. The number of aromatic nitrogens is 3. The first-order valence-electron chi connectivity index (χ1n) is 9.61. The third-order valence-electron chi connectivity index (χ3n) is 5.10. The number of ether oxygens (including phenoxy) is 1. The van der Waals surface area contributed by atoms with Crippen LogP contribution in [0.3, 0.4) is 0 Å². The molecule has 2 atom stereocenters. The smallest absolute Gasteiger partial charge is 0.379 e. The summed E-state index contributed by atoms with van der Waals surface area (Å²) in [5, 5.41) is -0.443. The van der Waals surface area contributed by atoms with Gasteiger partial charge in [-0.25, -0.2) is 9.19 Å². The van der Waals surface area contributed by atoms with Gasteiger partial charge in [-0.1, -0.05) is 13.0 Å². The zero-order chi connectivity index (χ0) is 21.3. The number of fused-ring (bicyclic) bond motifs is 1. The molecule has 0 amide bonds. The Hall–Kier alpha value is -2.30. The van der Waals surface area contributed by atoms with Crippen molar-refractivity contribution < 1.29 is 22.1 Å². The van der Waals surface area contributed by atoms with Crippen molar-refractivity contribution >= 4 is 21.8 Å². The highest BCUT2D eigenvalue weighted by Gasteiger charge is 2.34. The number of pyridine rings is 1. The van der Waals surface area contributed by atoms with Crippen LogP contribution in [0.1, 0.15) is 29.1 Å². The number of benzene rings is 1. The third-order valence-corrected chi connectivity index (χ3v) is 6.60. The van der Waals surface area contributed by atoms with Crippen molar-refractivity contribution in [1.29, 1.82) is 0 Å². The number of alkyl halides is 3. The molecule has 4 rings (SSSR count). The van der Waals surface area contributed by atoms with Gasteiger partial charge in [0.1, 0.15) is 16.2 Å². The quantitative estimate of drug-likeness (QED) is 0.658. The number of hydrogen-bond donors (Lipinski definition) is 1. The molecule has 3 heterocycles. The molecule has 1 aromatic carbocycles. The first-order chi connectivity index (χ1) is 14.4. The zero-order valence-electron chi connectivity index (χ0n) is 16.3. The van der Waals surface area contributed by atoms with Crippen LogP contribution in [0.25, 0.3) is 11.0 Å². The van der Waals surface area contributed by atoms with Crippen molar-refractivity contribution in [1.82, 2.24) is 19.9 Å². The van der Waals surface area contributed by atoms with Crippen molar-refractivity contribution in [3.05, 3.63) is 53.3 Å². The molecule has 0 spiro atoms. The molecule has 6 nitrogen and oxygen atoms in total. The SMILES string of the molecule is CCc1cccnc1C(N1CCOCC1)S(=O)c1nc2ccc(C(F)(F)F)cc2[nH]1. The van der Waals surface area contributed by atoms with Crippen molar-refractivity contribution in [2.45, 2.75) is 30.1 Å². The first kappa shape index (κ1) is 21.0. The van der Waals surface area contributed by atoms with Crippen molar-refractivity contribution in [2.24, 2.45) is 0 Å². The number of morpholine rings is 1. The van der Waals surface area contributed by atoms with Crippen LogP contribution in [0.4, 0.5) is 13.2 Å². The highest BCUT2D eigenvalue weighted by molar-refractivity contribution is 7.85. The molecule has 2 unspecified atom stereocenters. The molecule has 1 aliphatic rings. The number of H-pyrrole nitrogens is 1. The second-order valence-corrected chi connectivity index (χ2v) is 8.40. The minimum absolute atomic E-state index is 0.133. The van der Waals surface area contributed by atoms with E-state index in [0.29, 0.717) is 37.5 Å². The van der Waals surface area contributed by atoms with Gasteiger partial charge in [0, 0.05) is 19.3 Å². The summed E-state index contributed by atoms with van der Waals surface area (Å²) in [6.07, 6.45) is -2.08. The van der Waals surface area contributed by atoms with E-state index in [1.807, 2.05) is 24.0 Å². The number of aromatic amines is 1. The van der Waals surface area contributed by atoms with E-state index >= 15 is 0 Å². The highest BCUT2D eigenvalue weighted by Crippen LogP contribution is 2.33. The average Bonchev–Trinajstić information content (AvgIpc) is 3.18. The molecular weight excluding hydrogens is 417 g/mol. The summed E-state index contributed by atoms with van der Waals surface area (Å²) in [4.78, 5) is 13.7. The maximum atomic E-state index is 13.6. The van der Waals surface area contributed by atoms with E-state index in [1.54, 1.807) is 6.20 Å². The van der Waals surface area contributed by atoms with Gasteiger partial charge in [-0.15, -0.1) is 0 Å². The molecule has 1 aliphatic heterocycles. The maximum absolute atomic E-state index is 13.6. The Kier molecular flexibility index (Phi) is 5.90. The average molecular weight is 438 g/mol. The summed E-state index contributed by atoms with van der Waals surface area (Å²) in [7, 11) is -1.68. The van der Waals surface area contributed by atoms with Crippen LogP contribution in [0, 0.1) is 0 Å². The number of nitrogens with zero attached hydrogens (tertiary/aromatic N) is 3. The molecule has 1 N–H and O–H groups in total. The first-order valence-corrected chi connectivity index (χ1v) is 10.8. The van der Waals surface area contributed by atoms with Gasteiger partial charge in [-0.05, 0) is 36.2 Å². The largest absolute Gasteiger partial charge is 0.416 e. The predicted molar refractivity (Wildman–Crippen MR) is 106 cm³/mol. The Labute approximate surface area is 173 Å². The van der Waals surface area contributed by atoms with Crippen LogP contribution in [0.15, 0.2) is 41.7 Å². The van der Waals surface area contributed by atoms with Gasteiger partial charge < -0.3 is 9.72 Å². The minimum atomic E-state index is -4.46. The lowest BCUT2D eigenvalue weighted by Gasteiger charge is -2.33. The molecule has 3 aromatic rings. The van der Waals surface area contributed by atoms with E-state index in [-0.39, 0.29) is 10.7 Å². The van der Waals surface area contributed by atoms with E-state index in [2.05, 4.69) is 15.0 Å². The summed E-state index contributed by atoms with van der Waals surface area (Å²) in [6, 6.07) is 7.04. The van der Waals surface area contributed by atoms with Crippen LogP contribution >= 0.6 is 0 Å². The van der Waals surface area contributed by atoms with E-state index < -0.39 is 27.9 Å². The molecule has 10 heteroatoms. The number of imidazole rings is 1. The minimum Gasteiger partial charge on any atom is -0.379 e. The van der Waals surface area contributed by atoms with Gasteiger partial charge >= 0.3 is 6.18 Å². The fourth-order valence-corrected chi connectivity index (χ4v) is 5.06.